The van der Waals surface area contributed by atoms with Crippen molar-refractivity contribution in [3.63, 3.8) is 0 Å². The van der Waals surface area contributed by atoms with E-state index in [0.717, 1.165) is 22.5 Å². The summed E-state index contributed by atoms with van der Waals surface area (Å²) in [7, 11) is 0. The van der Waals surface area contributed by atoms with Crippen LogP contribution in [0.3, 0.4) is 0 Å². The smallest absolute Gasteiger partial charge is 0.265 e. The van der Waals surface area contributed by atoms with Crippen molar-refractivity contribution in [2.24, 2.45) is 0 Å². The first-order valence-corrected chi connectivity index (χ1v) is 12.7. The number of hydrogen-bond acceptors (Lipinski definition) is 3. The Morgan fingerprint density at radius 2 is 1.46 bits per heavy atom. The summed E-state index contributed by atoms with van der Waals surface area (Å²) < 4.78 is 0. The molecule has 194 valence electrons. The van der Waals surface area contributed by atoms with Gasteiger partial charge in [-0.25, -0.2) is 4.90 Å². The molecule has 37 heavy (non-hydrogen) atoms. The molecular formula is C32H38N2O3. The minimum absolute atomic E-state index is 0.113. The van der Waals surface area contributed by atoms with E-state index in [1.165, 1.54) is 11.1 Å². The van der Waals surface area contributed by atoms with Crippen molar-refractivity contribution in [1.82, 2.24) is 5.32 Å². The van der Waals surface area contributed by atoms with E-state index in [2.05, 4.69) is 50.4 Å². The molecular weight excluding hydrogens is 460 g/mol. The Bertz CT molecular complexity index is 1250. The number of rotatable bonds is 6. The molecule has 0 bridgehead atoms. The molecule has 0 fully saturated rings. The van der Waals surface area contributed by atoms with Crippen LogP contribution in [0.5, 0.6) is 0 Å². The maximum absolute atomic E-state index is 13.3. The molecule has 3 amide bonds. The van der Waals surface area contributed by atoms with E-state index in [9.17, 15) is 14.4 Å². The number of amides is 3. The van der Waals surface area contributed by atoms with E-state index in [1.807, 2.05) is 45.9 Å². The molecule has 2 aromatic rings. The third-order valence-corrected chi connectivity index (χ3v) is 6.28. The summed E-state index contributed by atoms with van der Waals surface area (Å²) in [5.41, 5.74) is 5.51. The van der Waals surface area contributed by atoms with Gasteiger partial charge < -0.3 is 5.32 Å². The van der Waals surface area contributed by atoms with Gasteiger partial charge >= 0.3 is 0 Å². The number of imide groups is 1. The number of carbonyl (C=O) groups is 3. The summed E-state index contributed by atoms with van der Waals surface area (Å²) in [6.45, 7) is 14.2. The molecule has 0 saturated carbocycles. The Morgan fingerprint density at radius 3 is 1.97 bits per heavy atom. The van der Waals surface area contributed by atoms with Crippen LogP contribution in [0.2, 0.25) is 0 Å². The lowest BCUT2D eigenvalue weighted by molar-refractivity contribution is -0.120. The monoisotopic (exact) mass is 498 g/mol. The number of nitrogens with one attached hydrogen (secondary N) is 1. The zero-order valence-corrected chi connectivity index (χ0v) is 23.0. The van der Waals surface area contributed by atoms with Gasteiger partial charge in [0.2, 0.25) is 12.3 Å². The van der Waals surface area contributed by atoms with E-state index in [-0.39, 0.29) is 16.9 Å². The Balaban J connectivity index is 1.77. The van der Waals surface area contributed by atoms with E-state index < -0.39 is 5.91 Å². The van der Waals surface area contributed by atoms with Gasteiger partial charge in [-0.05, 0) is 86.4 Å². The number of anilines is 1. The SMILES string of the molecule is CC1=CCC(C(=O)NC(C)(C)C)=CC=C1C(=O)N(C=O)c1ccc(Cc2ccc(C(C)(C)C)cc2)cc1. The predicted octanol–water partition coefficient (Wildman–Crippen LogP) is 6.18. The van der Waals surface area contributed by atoms with Crippen LogP contribution in [-0.4, -0.2) is 23.8 Å². The van der Waals surface area contributed by atoms with Gasteiger partial charge in [-0.3, -0.25) is 14.4 Å². The van der Waals surface area contributed by atoms with Crippen molar-refractivity contribution < 1.29 is 14.4 Å². The van der Waals surface area contributed by atoms with Crippen LogP contribution in [0.4, 0.5) is 5.69 Å². The van der Waals surface area contributed by atoms with Crippen LogP contribution in [0.1, 0.15) is 71.6 Å². The molecule has 0 unspecified atom stereocenters. The molecule has 1 aliphatic rings. The van der Waals surface area contributed by atoms with Crippen LogP contribution in [0.15, 0.2) is 83.5 Å². The highest BCUT2D eigenvalue weighted by Crippen LogP contribution is 2.25. The lowest BCUT2D eigenvalue weighted by Crippen LogP contribution is -2.41. The average Bonchev–Trinajstić information content (AvgIpc) is 3.01. The second-order valence-corrected chi connectivity index (χ2v) is 11.6. The first-order chi connectivity index (χ1) is 17.3. The maximum Gasteiger partial charge on any atom is 0.265 e. The quantitative estimate of drug-likeness (QED) is 0.484. The zero-order chi connectivity index (χ0) is 27.4. The fraction of sp³-hybridized carbons (Fsp3) is 0.344. The number of benzene rings is 2. The highest BCUT2D eigenvalue weighted by Gasteiger charge is 2.23. The minimum Gasteiger partial charge on any atom is -0.348 e. The van der Waals surface area contributed by atoms with Crippen molar-refractivity contribution in [2.75, 3.05) is 4.90 Å². The third kappa shape index (κ3) is 7.39. The molecule has 0 aliphatic heterocycles. The summed E-state index contributed by atoms with van der Waals surface area (Å²) in [5, 5.41) is 2.95. The molecule has 0 aromatic heterocycles. The highest BCUT2D eigenvalue weighted by molar-refractivity contribution is 6.17. The Morgan fingerprint density at radius 1 is 0.892 bits per heavy atom. The Labute approximate surface area is 221 Å². The number of allylic oxidation sites excluding steroid dienone is 3. The molecule has 3 rings (SSSR count). The largest absolute Gasteiger partial charge is 0.348 e. The molecule has 5 heteroatoms. The van der Waals surface area contributed by atoms with Crippen molar-refractivity contribution >= 4 is 23.9 Å². The highest BCUT2D eigenvalue weighted by atomic mass is 16.2. The van der Waals surface area contributed by atoms with E-state index >= 15 is 0 Å². The van der Waals surface area contributed by atoms with Crippen LogP contribution < -0.4 is 10.2 Å². The summed E-state index contributed by atoms with van der Waals surface area (Å²) in [6, 6.07) is 16.1. The summed E-state index contributed by atoms with van der Waals surface area (Å²) in [4.78, 5) is 39.0. The van der Waals surface area contributed by atoms with Crippen LogP contribution in [0, 0.1) is 0 Å². The van der Waals surface area contributed by atoms with Crippen molar-refractivity contribution in [2.45, 2.75) is 72.3 Å². The first kappa shape index (κ1) is 27.9. The zero-order valence-electron chi connectivity index (χ0n) is 23.0. The van der Waals surface area contributed by atoms with Crippen molar-refractivity contribution in [1.29, 1.82) is 0 Å². The van der Waals surface area contributed by atoms with Crippen molar-refractivity contribution in [3.05, 3.63) is 100 Å². The number of carbonyl (C=O) groups excluding carboxylic acids is 3. The second-order valence-electron chi connectivity index (χ2n) is 11.6. The number of hydrogen-bond donors (Lipinski definition) is 1. The molecule has 0 heterocycles. The topological polar surface area (TPSA) is 66.5 Å². The standard InChI is InChI=1S/C32H38N2O3/c1-22-8-13-25(29(36)33-32(5,6)7)14-19-28(22)30(37)34(21-35)27-17-11-24(12-18-27)20-23-9-15-26(16-10-23)31(2,3)4/h8-12,14-19,21H,13,20H2,1-7H3,(H,33,36). The Kier molecular flexibility index (Phi) is 8.37. The second kappa shape index (κ2) is 11.1. The fourth-order valence-electron chi connectivity index (χ4n) is 4.07. The van der Waals surface area contributed by atoms with Gasteiger partial charge in [0.25, 0.3) is 5.91 Å². The molecule has 0 saturated heterocycles. The minimum atomic E-state index is -0.428. The van der Waals surface area contributed by atoms with E-state index in [1.54, 1.807) is 24.3 Å². The molecule has 0 radical (unpaired) electrons. The molecule has 1 N–H and O–H groups in total. The molecule has 1 aliphatic carbocycles. The average molecular weight is 499 g/mol. The van der Waals surface area contributed by atoms with Gasteiger partial charge in [0.05, 0.1) is 5.69 Å². The van der Waals surface area contributed by atoms with Gasteiger partial charge in [0.15, 0.2) is 0 Å². The summed E-state index contributed by atoms with van der Waals surface area (Å²) in [5.74, 6) is -0.597. The molecule has 0 atom stereocenters. The van der Waals surface area contributed by atoms with Crippen LogP contribution >= 0.6 is 0 Å². The van der Waals surface area contributed by atoms with Gasteiger partial charge in [0, 0.05) is 16.7 Å². The molecule has 5 nitrogen and oxygen atoms in total. The Hall–Kier alpha value is -3.73. The summed E-state index contributed by atoms with van der Waals surface area (Å²) in [6.07, 6.45) is 6.86. The first-order valence-electron chi connectivity index (χ1n) is 12.7. The lowest BCUT2D eigenvalue weighted by Gasteiger charge is -2.21. The molecule has 2 aromatic carbocycles. The fourth-order valence-corrected chi connectivity index (χ4v) is 4.07. The van der Waals surface area contributed by atoms with E-state index in [0.29, 0.717) is 29.7 Å². The van der Waals surface area contributed by atoms with Crippen LogP contribution in [-0.2, 0) is 26.2 Å². The van der Waals surface area contributed by atoms with Crippen LogP contribution in [0.25, 0.3) is 0 Å². The lowest BCUT2D eigenvalue weighted by atomic mass is 9.86. The van der Waals surface area contributed by atoms with E-state index in [4.69, 9.17) is 0 Å². The maximum atomic E-state index is 13.3. The summed E-state index contributed by atoms with van der Waals surface area (Å²) >= 11 is 0. The van der Waals surface area contributed by atoms with Gasteiger partial charge in [-0.1, -0.05) is 69.3 Å². The van der Waals surface area contributed by atoms with Gasteiger partial charge in [0.1, 0.15) is 0 Å². The van der Waals surface area contributed by atoms with Gasteiger partial charge in [-0.15, -0.1) is 0 Å². The normalized spacial score (nSPS) is 14.1. The van der Waals surface area contributed by atoms with Gasteiger partial charge in [-0.2, -0.15) is 0 Å². The number of nitrogens with zero attached hydrogens (tertiary/aromatic N) is 1. The molecule has 0 spiro atoms. The predicted molar refractivity (Wildman–Crippen MR) is 150 cm³/mol. The van der Waals surface area contributed by atoms with Crippen molar-refractivity contribution in [3.8, 4) is 0 Å². The third-order valence-electron chi connectivity index (χ3n) is 6.28.